The Kier molecular flexibility index (Phi) is 8.15. The fraction of sp³-hybridized carbons (Fsp3) is 0.278. The van der Waals surface area contributed by atoms with Gasteiger partial charge in [-0.1, -0.05) is 29.3 Å². The molecule has 0 aliphatic carbocycles. The van der Waals surface area contributed by atoms with Crippen LogP contribution in [-0.2, 0) is 14.8 Å². The summed E-state index contributed by atoms with van der Waals surface area (Å²) in [6.45, 7) is 1.60. The van der Waals surface area contributed by atoms with Crippen molar-refractivity contribution in [2.24, 2.45) is 0 Å². The van der Waals surface area contributed by atoms with E-state index in [9.17, 15) is 17.6 Å². The molecule has 0 bridgehead atoms. The van der Waals surface area contributed by atoms with Gasteiger partial charge in [0.15, 0.2) is 0 Å². The fourth-order valence-electron chi connectivity index (χ4n) is 2.31. The van der Waals surface area contributed by atoms with Crippen molar-refractivity contribution < 1.29 is 17.6 Å². The lowest BCUT2D eigenvalue weighted by Crippen LogP contribution is -2.44. The molecule has 1 amide bonds. The van der Waals surface area contributed by atoms with Crippen LogP contribution in [-0.4, -0.2) is 32.4 Å². The van der Waals surface area contributed by atoms with Gasteiger partial charge in [0, 0.05) is 10.7 Å². The maximum atomic E-state index is 13.7. The fourth-order valence-corrected chi connectivity index (χ4v) is 4.78. The van der Waals surface area contributed by atoms with E-state index >= 15 is 0 Å². The number of nitrogens with one attached hydrogen (secondary N) is 2. The summed E-state index contributed by atoms with van der Waals surface area (Å²) in [5.74, 6) is -0.532. The van der Waals surface area contributed by atoms with Crippen molar-refractivity contribution in [3.05, 3.63) is 57.8 Å². The Hall–Kier alpha value is -1.32. The van der Waals surface area contributed by atoms with Gasteiger partial charge in [0.05, 0.1) is 5.02 Å². The maximum Gasteiger partial charge on any atom is 0.242 e. The Morgan fingerprint density at radius 1 is 1.21 bits per heavy atom. The average Bonchev–Trinajstić information content (AvgIpc) is 2.63. The van der Waals surface area contributed by atoms with E-state index in [0.717, 1.165) is 0 Å². The Balaban J connectivity index is 2.25. The molecule has 0 aliphatic heterocycles. The lowest BCUT2D eigenvalue weighted by molar-refractivity contribution is -0.117. The SMILES string of the molecule is CSCCC(NS(=O)(=O)c1cc(Cl)ccc1Cl)C(=O)Nc1ccc(C)c(F)c1. The first-order chi connectivity index (χ1) is 13.1. The minimum atomic E-state index is -4.11. The predicted molar refractivity (Wildman–Crippen MR) is 113 cm³/mol. The van der Waals surface area contributed by atoms with E-state index in [4.69, 9.17) is 23.2 Å². The highest BCUT2D eigenvalue weighted by Crippen LogP contribution is 2.25. The maximum absolute atomic E-state index is 13.7. The molecule has 0 fully saturated rings. The van der Waals surface area contributed by atoms with Crippen molar-refractivity contribution in [1.29, 1.82) is 0 Å². The van der Waals surface area contributed by atoms with Crippen LogP contribution in [0, 0.1) is 12.7 Å². The first-order valence-electron chi connectivity index (χ1n) is 8.17. The second kappa shape index (κ2) is 9.93. The van der Waals surface area contributed by atoms with Crippen molar-refractivity contribution in [1.82, 2.24) is 4.72 Å². The van der Waals surface area contributed by atoms with E-state index in [1.54, 1.807) is 13.0 Å². The molecular formula is C18H19Cl2FN2O3S2. The van der Waals surface area contributed by atoms with E-state index in [-0.39, 0.29) is 27.0 Å². The molecule has 2 aromatic rings. The molecule has 0 aromatic heterocycles. The number of hydrogen-bond acceptors (Lipinski definition) is 4. The summed E-state index contributed by atoms with van der Waals surface area (Å²) in [5.41, 5.74) is 0.676. The molecule has 2 N–H and O–H groups in total. The lowest BCUT2D eigenvalue weighted by Gasteiger charge is -2.19. The summed E-state index contributed by atoms with van der Waals surface area (Å²) >= 11 is 13.3. The molecule has 1 unspecified atom stereocenters. The molecular weight excluding hydrogens is 446 g/mol. The van der Waals surface area contributed by atoms with Crippen LogP contribution in [0.2, 0.25) is 10.0 Å². The minimum Gasteiger partial charge on any atom is -0.325 e. The Labute approximate surface area is 178 Å². The largest absolute Gasteiger partial charge is 0.325 e. The molecule has 28 heavy (non-hydrogen) atoms. The third kappa shape index (κ3) is 6.09. The number of aryl methyl sites for hydroxylation is 1. The molecule has 5 nitrogen and oxygen atoms in total. The van der Waals surface area contributed by atoms with E-state index in [2.05, 4.69) is 10.0 Å². The van der Waals surface area contributed by atoms with Gasteiger partial charge < -0.3 is 5.32 Å². The van der Waals surface area contributed by atoms with E-state index in [1.807, 2.05) is 6.26 Å². The van der Waals surface area contributed by atoms with Gasteiger partial charge in [-0.2, -0.15) is 16.5 Å². The Morgan fingerprint density at radius 2 is 1.93 bits per heavy atom. The molecule has 2 aromatic carbocycles. The number of anilines is 1. The number of sulfonamides is 1. The molecule has 10 heteroatoms. The predicted octanol–water partition coefficient (Wildman–Crippen LogP) is 4.48. The van der Waals surface area contributed by atoms with Crippen molar-refractivity contribution >= 4 is 56.6 Å². The zero-order chi connectivity index (χ0) is 20.9. The number of thioether (sulfide) groups is 1. The second-order valence-electron chi connectivity index (χ2n) is 5.98. The number of hydrogen-bond donors (Lipinski definition) is 2. The van der Waals surface area contributed by atoms with Gasteiger partial charge >= 0.3 is 0 Å². The third-order valence-corrected chi connectivity index (χ3v) is 6.68. The monoisotopic (exact) mass is 464 g/mol. The van der Waals surface area contributed by atoms with Gasteiger partial charge in [-0.3, -0.25) is 4.79 Å². The summed E-state index contributed by atoms with van der Waals surface area (Å²) in [5, 5.41) is 2.73. The van der Waals surface area contributed by atoms with Crippen molar-refractivity contribution in [2.75, 3.05) is 17.3 Å². The molecule has 0 aliphatic rings. The van der Waals surface area contributed by atoms with E-state index in [0.29, 0.717) is 11.3 Å². The highest BCUT2D eigenvalue weighted by Gasteiger charge is 2.27. The van der Waals surface area contributed by atoms with Crippen LogP contribution >= 0.6 is 35.0 Å². The van der Waals surface area contributed by atoms with Crippen LogP contribution in [0.3, 0.4) is 0 Å². The topological polar surface area (TPSA) is 75.3 Å². The van der Waals surface area contributed by atoms with Crippen LogP contribution in [0.5, 0.6) is 0 Å². The molecule has 2 rings (SSSR count). The smallest absolute Gasteiger partial charge is 0.242 e. The Morgan fingerprint density at radius 3 is 2.57 bits per heavy atom. The van der Waals surface area contributed by atoms with Crippen molar-refractivity contribution in [3.8, 4) is 0 Å². The third-order valence-electron chi connectivity index (χ3n) is 3.85. The second-order valence-corrected chi connectivity index (χ2v) is 9.49. The number of halogens is 3. The number of rotatable bonds is 8. The van der Waals surface area contributed by atoms with Gasteiger partial charge in [0.2, 0.25) is 15.9 Å². The zero-order valence-corrected chi connectivity index (χ0v) is 18.3. The Bertz CT molecular complexity index is 971. The lowest BCUT2D eigenvalue weighted by atomic mass is 10.2. The first-order valence-corrected chi connectivity index (χ1v) is 11.8. The number of carbonyl (C=O) groups excluding carboxylic acids is 1. The van der Waals surface area contributed by atoms with Crippen molar-refractivity contribution in [3.63, 3.8) is 0 Å². The molecule has 0 saturated heterocycles. The van der Waals surface area contributed by atoms with Gasteiger partial charge in [-0.05, 0) is 61.2 Å². The quantitative estimate of drug-likeness (QED) is 0.603. The van der Waals surface area contributed by atoms with Crippen molar-refractivity contribution in [2.45, 2.75) is 24.3 Å². The highest BCUT2D eigenvalue weighted by atomic mass is 35.5. The average molecular weight is 465 g/mol. The van der Waals surface area contributed by atoms with Crippen LogP contribution in [0.25, 0.3) is 0 Å². The number of carbonyl (C=O) groups is 1. The van der Waals surface area contributed by atoms with Gasteiger partial charge in [-0.15, -0.1) is 0 Å². The molecule has 0 radical (unpaired) electrons. The van der Waals surface area contributed by atoms with Crippen LogP contribution < -0.4 is 10.0 Å². The van der Waals surface area contributed by atoms with Gasteiger partial charge in [0.25, 0.3) is 0 Å². The number of benzene rings is 2. The standard InChI is InChI=1S/C18H19Cl2FN2O3S2/c1-11-3-5-13(10-15(11)21)22-18(24)16(7-8-27-2)23-28(25,26)17-9-12(19)4-6-14(17)20/h3-6,9-10,16,23H,7-8H2,1-2H3,(H,22,24). The summed E-state index contributed by atoms with van der Waals surface area (Å²) in [6, 6.07) is 7.22. The van der Waals surface area contributed by atoms with Gasteiger partial charge in [-0.25, -0.2) is 12.8 Å². The van der Waals surface area contributed by atoms with Crippen LogP contribution in [0.1, 0.15) is 12.0 Å². The molecule has 1 atom stereocenters. The normalized spacial score (nSPS) is 12.6. The summed E-state index contributed by atoms with van der Waals surface area (Å²) in [6.07, 6.45) is 2.07. The van der Waals surface area contributed by atoms with Crippen LogP contribution in [0.4, 0.5) is 10.1 Å². The molecule has 0 saturated carbocycles. The molecule has 0 heterocycles. The number of amides is 1. The summed E-state index contributed by atoms with van der Waals surface area (Å²) in [7, 11) is -4.11. The van der Waals surface area contributed by atoms with Gasteiger partial charge in [0.1, 0.15) is 16.8 Å². The molecule has 152 valence electrons. The first kappa shape index (κ1) is 23.0. The zero-order valence-electron chi connectivity index (χ0n) is 15.1. The minimum absolute atomic E-state index is 0.0125. The van der Waals surface area contributed by atoms with Crippen LogP contribution in [0.15, 0.2) is 41.3 Å². The van der Waals surface area contributed by atoms with E-state index in [1.165, 1.54) is 42.1 Å². The molecule has 0 spiro atoms. The summed E-state index contributed by atoms with van der Waals surface area (Å²) < 4.78 is 41.6. The highest BCUT2D eigenvalue weighted by molar-refractivity contribution is 7.98. The summed E-state index contributed by atoms with van der Waals surface area (Å²) in [4.78, 5) is 12.4. The van der Waals surface area contributed by atoms with E-state index < -0.39 is 27.8 Å².